The number of likely N-dealkylation sites (tertiary alicyclic amines) is 1. The minimum atomic E-state index is -4.26. The average Bonchev–Trinajstić information content (AvgIpc) is 3.43. The van der Waals surface area contributed by atoms with Crippen molar-refractivity contribution in [3.05, 3.63) is 63.2 Å². The van der Waals surface area contributed by atoms with Crippen LogP contribution in [0.2, 0.25) is 0 Å². The molecule has 3 aliphatic rings. The third-order valence-corrected chi connectivity index (χ3v) is 10.1. The van der Waals surface area contributed by atoms with E-state index >= 15 is 0 Å². The fourth-order valence-corrected chi connectivity index (χ4v) is 7.40. The zero-order valence-corrected chi connectivity index (χ0v) is 28.3. The van der Waals surface area contributed by atoms with Crippen LogP contribution in [0.25, 0.3) is 11.1 Å². The van der Waals surface area contributed by atoms with Gasteiger partial charge in [-0.2, -0.15) is 13.2 Å². The maximum atomic E-state index is 13.8. The number of H-pyrrole nitrogens is 1. The number of aromatic nitrogens is 2. The van der Waals surface area contributed by atoms with Gasteiger partial charge in [-0.1, -0.05) is 0 Å². The van der Waals surface area contributed by atoms with Crippen LogP contribution in [0.1, 0.15) is 46.9 Å². The summed E-state index contributed by atoms with van der Waals surface area (Å²) in [5.41, 5.74) is 3.17. The Morgan fingerprint density at radius 3 is 2.46 bits per heavy atom. The molecule has 0 spiro atoms. The van der Waals surface area contributed by atoms with E-state index in [0.29, 0.717) is 65.4 Å². The minimum Gasteiger partial charge on any atom is -0.448 e. The van der Waals surface area contributed by atoms with Gasteiger partial charge in [-0.05, 0) is 70.3 Å². The molecule has 3 aromatic rings. The van der Waals surface area contributed by atoms with E-state index in [1.807, 2.05) is 38.3 Å². The number of halogens is 3. The third kappa shape index (κ3) is 7.15. The lowest BCUT2D eigenvalue weighted by Crippen LogP contribution is -2.49. The Balaban J connectivity index is 1.31. The summed E-state index contributed by atoms with van der Waals surface area (Å²) in [4.78, 5) is 38.4. The lowest BCUT2D eigenvalue weighted by molar-refractivity contribution is -0.159. The monoisotopic (exact) mass is 687 g/mol. The number of nitrogens with one attached hydrogen (secondary N) is 2. The number of anilines is 1. The van der Waals surface area contributed by atoms with Gasteiger partial charge in [0.1, 0.15) is 5.82 Å². The standard InChI is InChI=1S/C34H40F3N5O5S/c1-20-15-27(48-4)26(32(44)40-20)18-39-31(43)24-16-25(22-5-6-28(38-17-22)42-11-13-45-14-12-42)30-29(21(24)2)46-33(3,47-30)23-7-9-41(10-8-23)19-34(35,36)37/h5-6,15-17,23H,7-14,18-19H2,1-4H3,(H,39,43)(H,40,44). The van der Waals surface area contributed by atoms with Gasteiger partial charge in [0.25, 0.3) is 17.3 Å². The van der Waals surface area contributed by atoms with Crippen LogP contribution in [-0.2, 0) is 11.3 Å². The predicted molar refractivity (Wildman–Crippen MR) is 177 cm³/mol. The number of alkyl halides is 3. The fourth-order valence-electron chi connectivity index (χ4n) is 6.69. The van der Waals surface area contributed by atoms with E-state index in [-0.39, 0.29) is 37.0 Å². The van der Waals surface area contributed by atoms with E-state index in [9.17, 15) is 22.8 Å². The molecule has 1 unspecified atom stereocenters. The number of carbonyl (C=O) groups is 1. The number of hydrogen-bond acceptors (Lipinski definition) is 9. The van der Waals surface area contributed by atoms with Crippen LogP contribution in [-0.4, -0.2) is 84.9 Å². The molecule has 2 aromatic heterocycles. The first-order valence-corrected chi connectivity index (χ1v) is 17.3. The topological polar surface area (TPSA) is 109 Å². The van der Waals surface area contributed by atoms with Gasteiger partial charge < -0.3 is 29.4 Å². The second-order valence-corrected chi connectivity index (χ2v) is 13.5. The van der Waals surface area contributed by atoms with Crippen molar-refractivity contribution in [3.63, 3.8) is 0 Å². The summed E-state index contributed by atoms with van der Waals surface area (Å²) < 4.78 is 57.8. The Kier molecular flexibility index (Phi) is 9.69. The molecular formula is C34H40F3N5O5S. The molecule has 2 saturated heterocycles. The van der Waals surface area contributed by atoms with Crippen LogP contribution in [0.5, 0.6) is 11.5 Å². The normalized spacial score (nSPS) is 20.3. The summed E-state index contributed by atoms with van der Waals surface area (Å²) >= 11 is 1.43. The molecule has 48 heavy (non-hydrogen) atoms. The van der Waals surface area contributed by atoms with Crippen molar-refractivity contribution in [2.45, 2.75) is 57.0 Å². The largest absolute Gasteiger partial charge is 0.448 e. The highest BCUT2D eigenvalue weighted by molar-refractivity contribution is 7.98. The number of thioether (sulfide) groups is 1. The van der Waals surface area contributed by atoms with E-state index in [1.54, 1.807) is 19.2 Å². The molecule has 1 atom stereocenters. The van der Waals surface area contributed by atoms with Gasteiger partial charge in [0.05, 0.1) is 19.8 Å². The highest BCUT2D eigenvalue weighted by Gasteiger charge is 2.48. The Morgan fingerprint density at radius 1 is 1.10 bits per heavy atom. The molecule has 0 aliphatic carbocycles. The molecule has 258 valence electrons. The van der Waals surface area contributed by atoms with E-state index in [2.05, 4.69) is 15.2 Å². The number of hydrogen-bond donors (Lipinski definition) is 2. The highest BCUT2D eigenvalue weighted by atomic mass is 32.2. The zero-order chi connectivity index (χ0) is 34.2. The Morgan fingerprint density at radius 2 is 1.81 bits per heavy atom. The minimum absolute atomic E-state index is 0.0256. The SMILES string of the molecule is CSc1cc(C)[nH]c(=O)c1CNC(=O)c1cc(-c2ccc(N3CCOCC3)nc2)c2c(c1C)OC(C)(C1CCN(CC(F)(F)F)CC1)O2. The molecule has 0 radical (unpaired) electrons. The zero-order valence-electron chi connectivity index (χ0n) is 27.5. The predicted octanol–water partition coefficient (Wildman–Crippen LogP) is 5.30. The lowest BCUT2D eigenvalue weighted by atomic mass is 9.89. The van der Waals surface area contributed by atoms with Crippen LogP contribution in [0, 0.1) is 19.8 Å². The number of benzene rings is 1. The van der Waals surface area contributed by atoms with Crippen molar-refractivity contribution in [2.75, 3.05) is 57.1 Å². The molecule has 1 aromatic carbocycles. The van der Waals surface area contributed by atoms with Crippen LogP contribution < -0.4 is 25.2 Å². The van der Waals surface area contributed by atoms with Crippen molar-refractivity contribution in [1.29, 1.82) is 0 Å². The van der Waals surface area contributed by atoms with E-state index in [1.165, 1.54) is 16.7 Å². The number of nitrogens with zero attached hydrogens (tertiary/aromatic N) is 3. The first-order chi connectivity index (χ1) is 22.8. The smallest absolute Gasteiger partial charge is 0.401 e. The summed E-state index contributed by atoms with van der Waals surface area (Å²) in [7, 11) is 0. The molecule has 6 rings (SSSR count). The second kappa shape index (κ2) is 13.6. The summed E-state index contributed by atoms with van der Waals surface area (Å²) in [6.45, 7) is 7.74. The molecule has 10 nitrogen and oxygen atoms in total. The highest BCUT2D eigenvalue weighted by Crippen LogP contribution is 2.52. The third-order valence-electron chi connectivity index (χ3n) is 9.34. The molecule has 3 aliphatic heterocycles. The van der Waals surface area contributed by atoms with Crippen LogP contribution in [0.4, 0.5) is 19.0 Å². The maximum Gasteiger partial charge on any atom is 0.401 e. The van der Waals surface area contributed by atoms with Crippen molar-refractivity contribution in [2.24, 2.45) is 5.92 Å². The first-order valence-electron chi connectivity index (χ1n) is 16.0. The average molecular weight is 688 g/mol. The number of ether oxygens (including phenoxy) is 3. The molecule has 2 fully saturated rings. The number of piperidine rings is 1. The Labute approximate surface area is 281 Å². The molecular weight excluding hydrogens is 647 g/mol. The number of aromatic amines is 1. The number of fused-ring (bicyclic) bond motifs is 1. The van der Waals surface area contributed by atoms with Gasteiger partial charge in [-0.3, -0.25) is 14.5 Å². The number of pyridine rings is 2. The molecule has 0 saturated carbocycles. The fraction of sp³-hybridized carbons (Fsp3) is 0.500. The molecule has 2 N–H and O–H groups in total. The summed E-state index contributed by atoms with van der Waals surface area (Å²) in [6.07, 6.45) is 0.277. The van der Waals surface area contributed by atoms with Gasteiger partial charge in [-0.15, -0.1) is 11.8 Å². The Hall–Kier alpha value is -3.75. The van der Waals surface area contributed by atoms with E-state index in [0.717, 1.165) is 29.5 Å². The van der Waals surface area contributed by atoms with Crippen LogP contribution in [0.3, 0.4) is 0 Å². The maximum absolute atomic E-state index is 13.8. The van der Waals surface area contributed by atoms with Crippen molar-refractivity contribution in [3.8, 4) is 22.6 Å². The first kappa shape index (κ1) is 34.1. The number of amides is 1. The molecule has 5 heterocycles. The lowest BCUT2D eigenvalue weighted by Gasteiger charge is -2.39. The van der Waals surface area contributed by atoms with Crippen LogP contribution >= 0.6 is 11.8 Å². The number of morpholine rings is 1. The van der Waals surface area contributed by atoms with E-state index < -0.39 is 18.5 Å². The van der Waals surface area contributed by atoms with E-state index in [4.69, 9.17) is 19.2 Å². The summed E-state index contributed by atoms with van der Waals surface area (Å²) in [5.74, 6) is -0.0365. The van der Waals surface area contributed by atoms with Gasteiger partial charge in [0.2, 0.25) is 0 Å². The quantitative estimate of drug-likeness (QED) is 0.305. The molecule has 0 bridgehead atoms. The summed E-state index contributed by atoms with van der Waals surface area (Å²) in [5, 5.41) is 2.92. The number of rotatable bonds is 8. The van der Waals surface area contributed by atoms with Crippen molar-refractivity contribution < 1.29 is 32.2 Å². The second-order valence-electron chi connectivity index (χ2n) is 12.7. The summed E-state index contributed by atoms with van der Waals surface area (Å²) in [6, 6.07) is 7.48. The van der Waals surface area contributed by atoms with Gasteiger partial charge in [0, 0.05) is 77.1 Å². The van der Waals surface area contributed by atoms with Crippen LogP contribution in [0.15, 0.2) is 40.2 Å². The van der Waals surface area contributed by atoms with Crippen molar-refractivity contribution >= 4 is 23.5 Å². The molecule has 1 amide bonds. The van der Waals surface area contributed by atoms with Gasteiger partial charge in [0.15, 0.2) is 11.5 Å². The van der Waals surface area contributed by atoms with Gasteiger partial charge >= 0.3 is 6.18 Å². The number of aryl methyl sites for hydroxylation is 1. The number of carbonyl (C=O) groups excluding carboxylic acids is 1. The Bertz CT molecular complexity index is 1720. The van der Waals surface area contributed by atoms with Gasteiger partial charge in [-0.25, -0.2) is 4.98 Å². The molecule has 14 heteroatoms. The van der Waals surface area contributed by atoms with Crippen molar-refractivity contribution in [1.82, 2.24) is 20.2 Å².